The minimum absolute atomic E-state index is 0.108. The van der Waals surface area contributed by atoms with Crippen molar-refractivity contribution in [2.75, 3.05) is 0 Å². The normalized spacial score (nSPS) is 14.2. The van der Waals surface area contributed by atoms with Crippen LogP contribution in [0.2, 0.25) is 0 Å². The van der Waals surface area contributed by atoms with Crippen LogP contribution in [0.25, 0.3) is 0 Å². The molecule has 4 bridgehead atoms. The van der Waals surface area contributed by atoms with Gasteiger partial charge in [0.1, 0.15) is 0 Å². The number of aliphatic imine (C=N–C) groups is 1. The second-order valence-electron chi connectivity index (χ2n) is 9.24. The van der Waals surface area contributed by atoms with Gasteiger partial charge in [0.2, 0.25) is 0 Å². The first-order chi connectivity index (χ1) is 16.2. The van der Waals surface area contributed by atoms with Gasteiger partial charge in [-0.2, -0.15) is 0 Å². The van der Waals surface area contributed by atoms with Crippen molar-refractivity contribution in [3.05, 3.63) is 142 Å². The molecule has 4 aromatic carbocycles. The van der Waals surface area contributed by atoms with Crippen LogP contribution in [0.5, 0.6) is 0 Å². The van der Waals surface area contributed by atoms with Gasteiger partial charge < -0.3 is 0 Å². The van der Waals surface area contributed by atoms with Gasteiger partial charge in [-0.15, -0.1) is 0 Å². The molecule has 0 amide bonds. The lowest BCUT2D eigenvalue weighted by atomic mass is 9.93. The first-order valence-corrected chi connectivity index (χ1v) is 12.1. The predicted octanol–water partition coefficient (Wildman–Crippen LogP) is 7.28. The van der Waals surface area contributed by atoms with E-state index in [1.807, 2.05) is 0 Å². The maximum Gasteiger partial charge on any atom is 0.0789 e. The van der Waals surface area contributed by atoms with Crippen LogP contribution in [-0.2, 0) is 32.1 Å². The second kappa shape index (κ2) is 10.0. The van der Waals surface area contributed by atoms with Gasteiger partial charge >= 0.3 is 0 Å². The van der Waals surface area contributed by atoms with Crippen LogP contribution >= 0.6 is 0 Å². The molecule has 0 saturated heterocycles. The summed E-state index contributed by atoms with van der Waals surface area (Å²) in [6, 6.07) is 35.8. The summed E-state index contributed by atoms with van der Waals surface area (Å²) in [5.74, 6) is 0. The van der Waals surface area contributed by atoms with Crippen molar-refractivity contribution >= 4 is 6.21 Å². The van der Waals surface area contributed by atoms with E-state index >= 15 is 0 Å². The van der Waals surface area contributed by atoms with Crippen LogP contribution in [0.1, 0.15) is 50.5 Å². The molecule has 1 nitrogen and oxygen atoms in total. The van der Waals surface area contributed by atoms with E-state index < -0.39 is 0 Å². The Bertz CT molecular complexity index is 1220. The number of benzene rings is 4. The Morgan fingerprint density at radius 3 is 2.06 bits per heavy atom. The average molecular weight is 430 g/mol. The van der Waals surface area contributed by atoms with E-state index in [1.165, 1.54) is 44.5 Å². The second-order valence-corrected chi connectivity index (χ2v) is 9.24. The molecule has 4 aromatic rings. The Balaban J connectivity index is 1.45. The topological polar surface area (TPSA) is 12.4 Å². The maximum absolute atomic E-state index is 5.17. The molecule has 0 aromatic heterocycles. The standard InChI is InChI=1S/C32H31N/c1-24-7-9-28(10-8-24)22-32(30-5-3-2-4-6-30)33-23-31-21-27-16-15-25-11-13-26(14-12-25)17-19-29(31)20-18-27/h2-14,18,20-21,23,32H,15-17,19,22H2,1H3. The van der Waals surface area contributed by atoms with Crippen LogP contribution in [0.15, 0.2) is 102 Å². The van der Waals surface area contributed by atoms with Gasteiger partial charge in [0.05, 0.1) is 6.04 Å². The zero-order valence-electron chi connectivity index (χ0n) is 19.4. The molecule has 1 unspecified atom stereocenters. The summed E-state index contributed by atoms with van der Waals surface area (Å²) >= 11 is 0. The highest BCUT2D eigenvalue weighted by molar-refractivity contribution is 5.82. The first-order valence-electron chi connectivity index (χ1n) is 12.1. The molecule has 0 saturated carbocycles. The van der Waals surface area contributed by atoms with E-state index in [4.69, 9.17) is 4.99 Å². The quantitative estimate of drug-likeness (QED) is 0.296. The van der Waals surface area contributed by atoms with E-state index in [-0.39, 0.29) is 6.04 Å². The van der Waals surface area contributed by atoms with Crippen molar-refractivity contribution in [2.24, 2.45) is 4.99 Å². The van der Waals surface area contributed by atoms with Crippen LogP contribution in [0.3, 0.4) is 0 Å². The molecule has 0 spiro atoms. The Labute approximate surface area is 197 Å². The molecule has 0 heterocycles. The molecule has 1 heteroatoms. The van der Waals surface area contributed by atoms with Gasteiger partial charge in [-0.05, 0) is 84.0 Å². The largest absolute Gasteiger partial charge is 0.284 e. The van der Waals surface area contributed by atoms with Gasteiger partial charge in [0, 0.05) is 6.21 Å². The highest BCUT2D eigenvalue weighted by atomic mass is 14.8. The third-order valence-corrected chi connectivity index (χ3v) is 6.75. The van der Waals surface area contributed by atoms with Crippen molar-refractivity contribution in [3.8, 4) is 0 Å². The smallest absolute Gasteiger partial charge is 0.0789 e. The highest BCUT2D eigenvalue weighted by Gasteiger charge is 2.12. The van der Waals surface area contributed by atoms with Gasteiger partial charge in [0.15, 0.2) is 0 Å². The van der Waals surface area contributed by atoms with Crippen LogP contribution in [0, 0.1) is 6.92 Å². The number of aryl methyl sites for hydroxylation is 5. The van der Waals surface area contributed by atoms with Crippen molar-refractivity contribution in [1.82, 2.24) is 0 Å². The summed E-state index contributed by atoms with van der Waals surface area (Å²) < 4.78 is 0. The lowest BCUT2D eigenvalue weighted by molar-refractivity contribution is 0.727. The van der Waals surface area contributed by atoms with Gasteiger partial charge in [-0.1, -0.05) is 96.6 Å². The van der Waals surface area contributed by atoms with Gasteiger partial charge in [-0.25, -0.2) is 0 Å². The molecular weight excluding hydrogens is 398 g/mol. The van der Waals surface area contributed by atoms with Gasteiger partial charge in [0.25, 0.3) is 0 Å². The lowest BCUT2D eigenvalue weighted by Crippen LogP contribution is -2.04. The number of rotatable bonds is 5. The highest BCUT2D eigenvalue weighted by Crippen LogP contribution is 2.24. The van der Waals surface area contributed by atoms with Crippen molar-refractivity contribution in [1.29, 1.82) is 0 Å². The molecule has 4 aliphatic carbocycles. The van der Waals surface area contributed by atoms with E-state index in [2.05, 4.69) is 110 Å². The molecule has 1 atom stereocenters. The van der Waals surface area contributed by atoms with E-state index in [0.29, 0.717) is 0 Å². The fourth-order valence-electron chi connectivity index (χ4n) is 4.64. The van der Waals surface area contributed by atoms with Crippen molar-refractivity contribution in [3.63, 3.8) is 0 Å². The number of hydrogen-bond acceptors (Lipinski definition) is 1. The van der Waals surface area contributed by atoms with Crippen LogP contribution in [-0.4, -0.2) is 6.21 Å². The average Bonchev–Trinajstić information content (AvgIpc) is 2.85. The van der Waals surface area contributed by atoms with E-state index in [0.717, 1.165) is 32.1 Å². The van der Waals surface area contributed by atoms with Crippen molar-refractivity contribution < 1.29 is 0 Å². The van der Waals surface area contributed by atoms with Crippen LogP contribution < -0.4 is 0 Å². The number of hydrogen-bond donors (Lipinski definition) is 0. The van der Waals surface area contributed by atoms with E-state index in [9.17, 15) is 0 Å². The Hall–Kier alpha value is -3.45. The minimum atomic E-state index is 0.108. The van der Waals surface area contributed by atoms with Crippen LogP contribution in [0.4, 0.5) is 0 Å². The summed E-state index contributed by atoms with van der Waals surface area (Å²) in [5.41, 5.74) is 10.8. The molecule has 0 fully saturated rings. The summed E-state index contributed by atoms with van der Waals surface area (Å²) in [6.07, 6.45) is 7.28. The SMILES string of the molecule is Cc1ccc(CC(N=Cc2cc3ccc2CCc2ccc(cc2)CC3)c2ccccc2)cc1. The molecular formula is C32H31N. The molecule has 8 rings (SSSR count). The third kappa shape index (κ3) is 5.49. The Kier molecular flexibility index (Phi) is 6.48. The first kappa shape index (κ1) is 21.4. The lowest BCUT2D eigenvalue weighted by Gasteiger charge is -2.15. The molecule has 33 heavy (non-hydrogen) atoms. The summed E-state index contributed by atoms with van der Waals surface area (Å²) in [7, 11) is 0. The maximum atomic E-state index is 5.17. The third-order valence-electron chi connectivity index (χ3n) is 6.75. The monoisotopic (exact) mass is 429 g/mol. The predicted molar refractivity (Wildman–Crippen MR) is 139 cm³/mol. The Morgan fingerprint density at radius 1 is 0.697 bits per heavy atom. The van der Waals surface area contributed by atoms with Gasteiger partial charge in [-0.3, -0.25) is 4.99 Å². The molecule has 0 N–H and O–H groups in total. The minimum Gasteiger partial charge on any atom is -0.284 e. The zero-order valence-corrected chi connectivity index (χ0v) is 19.4. The zero-order chi connectivity index (χ0) is 22.5. The van der Waals surface area contributed by atoms with Crippen molar-refractivity contribution in [2.45, 2.75) is 45.1 Å². The molecule has 0 aliphatic heterocycles. The summed E-state index contributed by atoms with van der Waals surface area (Å²) in [4.78, 5) is 5.17. The van der Waals surface area contributed by atoms with E-state index in [1.54, 1.807) is 0 Å². The summed E-state index contributed by atoms with van der Waals surface area (Å²) in [5, 5.41) is 0. The molecule has 0 radical (unpaired) electrons. The number of nitrogens with zero attached hydrogens (tertiary/aromatic N) is 1. The fourth-order valence-corrected chi connectivity index (χ4v) is 4.64. The Morgan fingerprint density at radius 2 is 1.33 bits per heavy atom. The summed E-state index contributed by atoms with van der Waals surface area (Å²) in [6.45, 7) is 2.14. The fraction of sp³-hybridized carbons (Fsp3) is 0.219. The molecule has 164 valence electrons. The molecule has 4 aliphatic rings.